The molecule has 0 amide bonds. The number of hydrogen-bond donors (Lipinski definition) is 3. The van der Waals surface area contributed by atoms with Crippen LogP contribution in [0.15, 0.2) is 0 Å². The van der Waals surface area contributed by atoms with Crippen LogP contribution in [0.4, 0.5) is 0 Å². The van der Waals surface area contributed by atoms with Gasteiger partial charge in [0, 0.05) is 13.6 Å². The van der Waals surface area contributed by atoms with Gasteiger partial charge in [-0.3, -0.25) is 0 Å². The Morgan fingerprint density at radius 2 is 1.77 bits per heavy atom. The second-order valence-corrected chi connectivity index (χ2v) is 5.76. The van der Waals surface area contributed by atoms with Crippen LogP contribution < -0.4 is 14.6 Å². The number of nitrogens with one attached hydrogen (secondary N) is 2. The fourth-order valence-corrected chi connectivity index (χ4v) is 1.66. The number of primary sulfonamides is 1. The molecule has 7 nitrogen and oxygen atoms in total. The lowest BCUT2D eigenvalue weighted by atomic mass is 10.5. The van der Waals surface area contributed by atoms with Crippen molar-refractivity contribution in [1.29, 1.82) is 0 Å². The van der Waals surface area contributed by atoms with Crippen molar-refractivity contribution in [2.24, 2.45) is 5.14 Å². The Morgan fingerprint density at radius 1 is 1.23 bits per heavy atom. The molecule has 0 rings (SSSR count). The fourth-order valence-electron chi connectivity index (χ4n) is 0.552. The molecule has 0 saturated carbocycles. The molecule has 0 bridgehead atoms. The first-order chi connectivity index (χ1) is 5.77. The van der Waals surface area contributed by atoms with E-state index in [4.69, 9.17) is 5.14 Å². The van der Waals surface area contributed by atoms with Gasteiger partial charge in [-0.2, -0.15) is 8.42 Å². The molecule has 4 N–H and O–H groups in total. The zero-order chi connectivity index (χ0) is 10.5. The van der Waals surface area contributed by atoms with Crippen molar-refractivity contribution in [3.8, 4) is 0 Å². The normalized spacial score (nSPS) is 13.1. The Morgan fingerprint density at radius 3 is 2.15 bits per heavy atom. The number of nitrogens with two attached hydrogens (primary N) is 1. The van der Waals surface area contributed by atoms with E-state index in [2.05, 4.69) is 4.72 Å². The van der Waals surface area contributed by atoms with E-state index in [1.54, 1.807) is 0 Å². The summed E-state index contributed by atoms with van der Waals surface area (Å²) >= 11 is 0. The molecule has 0 fully saturated rings. The van der Waals surface area contributed by atoms with Crippen molar-refractivity contribution in [2.45, 2.75) is 6.42 Å². The molecule has 0 radical (unpaired) electrons. The minimum atomic E-state index is -3.50. The van der Waals surface area contributed by atoms with Crippen molar-refractivity contribution in [3.05, 3.63) is 0 Å². The van der Waals surface area contributed by atoms with Crippen molar-refractivity contribution < 1.29 is 16.8 Å². The average molecular weight is 231 g/mol. The fraction of sp³-hybridized carbons (Fsp3) is 1.00. The molecular formula is C4H13N3O4S2. The van der Waals surface area contributed by atoms with Crippen LogP contribution in [0.3, 0.4) is 0 Å². The van der Waals surface area contributed by atoms with Gasteiger partial charge in [0.15, 0.2) is 0 Å². The first kappa shape index (κ1) is 12.8. The summed E-state index contributed by atoms with van der Waals surface area (Å²) in [6.45, 7) is 0.0413. The highest BCUT2D eigenvalue weighted by Crippen LogP contribution is 1.84. The van der Waals surface area contributed by atoms with E-state index < -0.39 is 20.2 Å². The molecule has 0 heterocycles. The Labute approximate surface area is 77.9 Å². The van der Waals surface area contributed by atoms with E-state index in [1.165, 1.54) is 7.05 Å². The maximum atomic E-state index is 10.7. The SMILES string of the molecule is CNS(=O)(=O)NCCCS(N)(=O)=O. The summed E-state index contributed by atoms with van der Waals surface area (Å²) in [6, 6.07) is 0. The molecule has 0 aromatic heterocycles. The van der Waals surface area contributed by atoms with Crippen LogP contribution in [0.1, 0.15) is 6.42 Å². The summed E-state index contributed by atoms with van der Waals surface area (Å²) in [6.07, 6.45) is 0.153. The number of hydrogen-bond acceptors (Lipinski definition) is 4. The monoisotopic (exact) mass is 231 g/mol. The van der Waals surface area contributed by atoms with Crippen LogP contribution in [0.5, 0.6) is 0 Å². The molecule has 0 spiro atoms. The smallest absolute Gasteiger partial charge is 0.229 e. The molecule has 80 valence electrons. The standard InChI is InChI=1S/C4H13N3O4S2/c1-6-13(10,11)7-3-2-4-12(5,8)9/h6-7H,2-4H2,1H3,(H2,5,8,9). The largest absolute Gasteiger partial charge is 0.276 e. The highest BCUT2D eigenvalue weighted by Gasteiger charge is 2.06. The summed E-state index contributed by atoms with van der Waals surface area (Å²) in [4.78, 5) is 0. The number of sulfonamides is 1. The third kappa shape index (κ3) is 8.12. The highest BCUT2D eigenvalue weighted by atomic mass is 32.2. The molecule has 0 aliphatic rings. The molecule has 0 saturated heterocycles. The quantitative estimate of drug-likeness (QED) is 0.446. The lowest BCUT2D eigenvalue weighted by Crippen LogP contribution is -2.35. The Kier molecular flexibility index (Phi) is 4.78. The van der Waals surface area contributed by atoms with Crippen molar-refractivity contribution in [3.63, 3.8) is 0 Å². The van der Waals surface area contributed by atoms with Gasteiger partial charge in [0.2, 0.25) is 10.0 Å². The van der Waals surface area contributed by atoms with Gasteiger partial charge in [-0.25, -0.2) is 23.0 Å². The van der Waals surface area contributed by atoms with E-state index in [0.717, 1.165) is 0 Å². The summed E-state index contributed by atoms with van der Waals surface area (Å²) in [5.74, 6) is -0.237. The van der Waals surface area contributed by atoms with Crippen molar-refractivity contribution in [2.75, 3.05) is 19.3 Å². The van der Waals surface area contributed by atoms with Crippen molar-refractivity contribution in [1.82, 2.24) is 9.44 Å². The molecule has 9 heteroatoms. The van der Waals surface area contributed by atoms with Gasteiger partial charge in [-0.05, 0) is 6.42 Å². The van der Waals surface area contributed by atoms with Gasteiger partial charge in [0.25, 0.3) is 10.2 Å². The lowest BCUT2D eigenvalue weighted by Gasteiger charge is -2.03. The summed E-state index contributed by atoms with van der Waals surface area (Å²) < 4.78 is 46.4. The summed E-state index contributed by atoms with van der Waals surface area (Å²) in [5, 5.41) is 4.70. The second-order valence-electron chi connectivity index (χ2n) is 2.32. The topological polar surface area (TPSA) is 118 Å². The molecule has 0 unspecified atom stereocenters. The summed E-state index contributed by atoms with van der Waals surface area (Å²) in [7, 11) is -5.72. The molecule has 0 aromatic carbocycles. The van der Waals surface area contributed by atoms with Crippen molar-refractivity contribution >= 4 is 20.2 Å². The van der Waals surface area contributed by atoms with Gasteiger partial charge in [-0.15, -0.1) is 0 Å². The zero-order valence-electron chi connectivity index (χ0n) is 7.15. The van der Waals surface area contributed by atoms with E-state index in [-0.39, 0.29) is 18.7 Å². The van der Waals surface area contributed by atoms with Gasteiger partial charge < -0.3 is 0 Å². The Balaban J connectivity index is 3.71. The zero-order valence-corrected chi connectivity index (χ0v) is 8.78. The van der Waals surface area contributed by atoms with Crippen LogP contribution in [-0.4, -0.2) is 36.2 Å². The molecular weight excluding hydrogens is 218 g/mol. The predicted molar refractivity (Wildman–Crippen MR) is 48.6 cm³/mol. The van der Waals surface area contributed by atoms with Gasteiger partial charge >= 0.3 is 0 Å². The summed E-state index contributed by atoms with van der Waals surface area (Å²) in [5.41, 5.74) is 0. The molecule has 0 atom stereocenters. The van der Waals surface area contributed by atoms with Crippen LogP contribution >= 0.6 is 0 Å². The third-order valence-corrected chi connectivity index (χ3v) is 3.15. The van der Waals surface area contributed by atoms with E-state index in [0.29, 0.717) is 0 Å². The van der Waals surface area contributed by atoms with Crippen LogP contribution in [0, 0.1) is 0 Å². The number of rotatable bonds is 6. The molecule has 0 aliphatic carbocycles. The van der Waals surface area contributed by atoms with Gasteiger partial charge in [0.1, 0.15) is 0 Å². The maximum absolute atomic E-state index is 10.7. The maximum Gasteiger partial charge on any atom is 0.276 e. The molecule has 13 heavy (non-hydrogen) atoms. The molecule has 0 aliphatic heterocycles. The van der Waals surface area contributed by atoms with E-state index >= 15 is 0 Å². The van der Waals surface area contributed by atoms with Crippen LogP contribution in [0.25, 0.3) is 0 Å². The van der Waals surface area contributed by atoms with Gasteiger partial charge in [0.05, 0.1) is 5.75 Å². The third-order valence-electron chi connectivity index (χ3n) is 1.17. The highest BCUT2D eigenvalue weighted by molar-refractivity contribution is 7.89. The minimum Gasteiger partial charge on any atom is -0.229 e. The lowest BCUT2D eigenvalue weighted by molar-refractivity contribution is 0.569. The first-order valence-electron chi connectivity index (χ1n) is 3.45. The Bertz CT molecular complexity index is 332. The van der Waals surface area contributed by atoms with Gasteiger partial charge in [-0.1, -0.05) is 0 Å². The van der Waals surface area contributed by atoms with E-state index in [1.807, 2.05) is 4.72 Å². The Hall–Kier alpha value is -0.220. The molecule has 0 aromatic rings. The van der Waals surface area contributed by atoms with Crippen LogP contribution in [0.2, 0.25) is 0 Å². The van der Waals surface area contributed by atoms with Crippen LogP contribution in [-0.2, 0) is 20.2 Å². The average Bonchev–Trinajstić information content (AvgIpc) is 1.97. The minimum absolute atomic E-state index is 0.0413. The first-order valence-corrected chi connectivity index (χ1v) is 6.65. The van der Waals surface area contributed by atoms with E-state index in [9.17, 15) is 16.8 Å². The second kappa shape index (κ2) is 4.86. The predicted octanol–water partition coefficient (Wildman–Crippen LogP) is -2.28.